The monoisotopic (exact) mass is 692 g/mol. The second kappa shape index (κ2) is 11.0. The number of nitrogens with one attached hydrogen (secondary N) is 2. The molecule has 8 heteroatoms. The van der Waals surface area contributed by atoms with Gasteiger partial charge in [-0.25, -0.2) is 0 Å². The second-order valence-corrected chi connectivity index (χ2v) is 13.0. The lowest BCUT2D eigenvalue weighted by molar-refractivity contribution is 1.50. The Balaban J connectivity index is 0.00000122. The fourth-order valence-corrected chi connectivity index (χ4v) is 8.37. The van der Waals surface area contributed by atoms with E-state index in [0.29, 0.717) is 65.2 Å². The van der Waals surface area contributed by atoms with Crippen LogP contribution in [0.3, 0.4) is 0 Å². The Labute approximate surface area is 297 Å². The van der Waals surface area contributed by atoms with Crippen LogP contribution in [0.4, 0.5) is 0 Å². The summed E-state index contributed by atoms with van der Waals surface area (Å²) in [6.45, 7) is 4.00. The SMILES string of the molecule is C.CC.O=c1c2ccccc2c(=O)c2c1ccc1c3ccc4c(=O)c5c(ccc6c7ccc8c(=O)c9ccccc9c(=O)c8c7[nH]c65)c(=O)c4c3[nH]c12. The molecule has 0 unspecified atom stereocenters. The van der Waals surface area contributed by atoms with Crippen molar-refractivity contribution in [3.05, 3.63) is 158 Å². The van der Waals surface area contributed by atoms with Crippen molar-refractivity contribution in [1.29, 1.82) is 0 Å². The number of fused-ring (bicyclic) bond motifs is 16. The van der Waals surface area contributed by atoms with Gasteiger partial charge in [-0.3, -0.25) is 28.8 Å². The quantitative estimate of drug-likeness (QED) is 0.155. The predicted octanol–water partition coefficient (Wildman–Crippen LogP) is 8.01. The lowest BCUT2D eigenvalue weighted by Gasteiger charge is -2.04. The number of hydrogen-bond donors (Lipinski definition) is 2. The molecule has 2 N–H and O–H groups in total. The van der Waals surface area contributed by atoms with E-state index in [0.717, 1.165) is 0 Å². The predicted molar refractivity (Wildman–Crippen MR) is 219 cm³/mol. The zero-order valence-corrected chi connectivity index (χ0v) is 27.7. The van der Waals surface area contributed by atoms with Crippen molar-refractivity contribution >= 4 is 108 Å². The number of rotatable bonds is 0. The van der Waals surface area contributed by atoms with Gasteiger partial charge in [0.1, 0.15) is 0 Å². The molecule has 2 aromatic heterocycles. The third-order valence-corrected chi connectivity index (χ3v) is 10.6. The summed E-state index contributed by atoms with van der Waals surface area (Å²) in [5, 5.41) is 5.73. The third-order valence-electron chi connectivity index (χ3n) is 10.6. The fourth-order valence-electron chi connectivity index (χ4n) is 8.37. The second-order valence-electron chi connectivity index (χ2n) is 13.0. The number of benzene rings is 9. The molecular weight excluding hydrogens is 665 g/mol. The van der Waals surface area contributed by atoms with Crippen LogP contribution in [0.25, 0.3) is 108 Å². The molecule has 0 aliphatic carbocycles. The van der Waals surface area contributed by atoms with Crippen molar-refractivity contribution in [3.8, 4) is 0 Å². The van der Waals surface area contributed by atoms with Crippen LogP contribution in [-0.2, 0) is 0 Å². The summed E-state index contributed by atoms with van der Waals surface area (Å²) in [6, 6.07) is 27.0. The molecule has 0 bridgehead atoms. The zero-order chi connectivity index (χ0) is 35.7. The van der Waals surface area contributed by atoms with E-state index in [2.05, 4.69) is 9.97 Å². The summed E-state index contributed by atoms with van der Waals surface area (Å²) in [5.74, 6) is 0. The summed E-state index contributed by atoms with van der Waals surface area (Å²) in [5.41, 5.74) is -0.170. The fraction of sp³-hybridized carbons (Fsp3) is 0.0667. The first-order chi connectivity index (χ1) is 25.3. The summed E-state index contributed by atoms with van der Waals surface area (Å²) in [6.07, 6.45) is 0. The van der Waals surface area contributed by atoms with Gasteiger partial charge in [-0.15, -0.1) is 0 Å². The Kier molecular flexibility index (Phi) is 6.60. The van der Waals surface area contributed by atoms with Gasteiger partial charge in [0.2, 0.25) is 0 Å². The number of H-pyrrole nitrogens is 2. The molecule has 11 rings (SSSR count). The number of hydrogen-bond acceptors (Lipinski definition) is 6. The molecule has 0 amide bonds. The van der Waals surface area contributed by atoms with E-state index in [1.54, 1.807) is 97.1 Å². The molecule has 8 nitrogen and oxygen atoms in total. The van der Waals surface area contributed by atoms with Gasteiger partial charge >= 0.3 is 0 Å². The maximum atomic E-state index is 14.4. The van der Waals surface area contributed by atoms with E-state index in [4.69, 9.17) is 0 Å². The van der Waals surface area contributed by atoms with Crippen molar-refractivity contribution in [3.63, 3.8) is 0 Å². The first-order valence-corrected chi connectivity index (χ1v) is 17.0. The molecule has 9 aromatic carbocycles. The molecule has 0 spiro atoms. The molecule has 0 saturated carbocycles. The van der Waals surface area contributed by atoms with Crippen molar-refractivity contribution in [2.24, 2.45) is 0 Å². The largest absolute Gasteiger partial charge is 0.353 e. The van der Waals surface area contributed by atoms with E-state index in [1.807, 2.05) is 13.8 Å². The Hall–Kier alpha value is -7.06. The van der Waals surface area contributed by atoms with Gasteiger partial charge in [0, 0.05) is 64.6 Å². The standard InChI is InChI=1S/C42H18N2O6.C2H6.CH4/c45-37-21-5-1-3-7-23(21)39(47)29-25(37)13-9-17-19-11-15-27-31(35(19)43-33(17)29)41(49)28-16-12-20-18-10-14-26-30(34(18)44-36(20)32(28)42(27)50)40(48)24-8-4-2-6-22(24)38(26)46;1-2;/h1-16,43-44H;1-2H3;1H4. The Morgan fingerprint density at radius 1 is 0.283 bits per heavy atom. The molecule has 0 atom stereocenters. The Bertz CT molecular complexity index is 3540. The molecule has 2 heterocycles. The molecule has 0 radical (unpaired) electrons. The third kappa shape index (κ3) is 3.84. The number of aromatic amines is 2. The minimum absolute atomic E-state index is 0. The van der Waals surface area contributed by atoms with E-state index in [1.165, 1.54) is 0 Å². The van der Waals surface area contributed by atoms with E-state index in [-0.39, 0.29) is 83.1 Å². The van der Waals surface area contributed by atoms with Gasteiger partial charge in [0.05, 0.1) is 43.6 Å². The molecule has 53 heavy (non-hydrogen) atoms. The van der Waals surface area contributed by atoms with Crippen molar-refractivity contribution < 1.29 is 0 Å². The molecule has 0 aliphatic rings. The molecule has 11 aromatic rings. The topological polar surface area (TPSA) is 134 Å². The number of aromatic nitrogens is 2. The first-order valence-electron chi connectivity index (χ1n) is 17.0. The van der Waals surface area contributed by atoms with E-state index < -0.39 is 0 Å². The molecule has 254 valence electrons. The highest BCUT2D eigenvalue weighted by Gasteiger charge is 2.22. The van der Waals surface area contributed by atoms with Crippen LogP contribution in [0.15, 0.2) is 126 Å². The first kappa shape index (κ1) is 31.9. The summed E-state index contributed by atoms with van der Waals surface area (Å²) >= 11 is 0. The molecule has 0 fully saturated rings. The van der Waals surface area contributed by atoms with Gasteiger partial charge in [0.15, 0.2) is 32.6 Å². The summed E-state index contributed by atoms with van der Waals surface area (Å²) in [4.78, 5) is 89.8. The summed E-state index contributed by atoms with van der Waals surface area (Å²) in [7, 11) is 0. The van der Waals surface area contributed by atoms with Gasteiger partial charge in [0.25, 0.3) is 0 Å². The van der Waals surface area contributed by atoms with Crippen LogP contribution in [0.1, 0.15) is 21.3 Å². The van der Waals surface area contributed by atoms with Crippen molar-refractivity contribution in [1.82, 2.24) is 9.97 Å². The minimum atomic E-state index is -0.379. The average molecular weight is 693 g/mol. The minimum Gasteiger partial charge on any atom is -0.353 e. The normalized spacial score (nSPS) is 11.9. The van der Waals surface area contributed by atoms with Gasteiger partial charge in [-0.05, 0) is 24.3 Å². The highest BCUT2D eigenvalue weighted by molar-refractivity contribution is 6.27. The maximum absolute atomic E-state index is 14.4. The van der Waals surface area contributed by atoms with Gasteiger partial charge in [-0.1, -0.05) is 94.1 Å². The van der Waals surface area contributed by atoms with Gasteiger partial charge < -0.3 is 9.97 Å². The lowest BCUT2D eigenvalue weighted by atomic mass is 9.97. The van der Waals surface area contributed by atoms with Crippen LogP contribution in [0.5, 0.6) is 0 Å². The van der Waals surface area contributed by atoms with Crippen LogP contribution in [-0.4, -0.2) is 9.97 Å². The zero-order valence-electron chi connectivity index (χ0n) is 27.7. The van der Waals surface area contributed by atoms with Crippen molar-refractivity contribution in [2.75, 3.05) is 0 Å². The molecular formula is C45H28N2O6. The molecule has 0 aliphatic heterocycles. The highest BCUT2D eigenvalue weighted by atomic mass is 16.1. The van der Waals surface area contributed by atoms with E-state index in [9.17, 15) is 28.8 Å². The smallest absolute Gasteiger partial charge is 0.196 e. The van der Waals surface area contributed by atoms with Crippen molar-refractivity contribution in [2.45, 2.75) is 21.3 Å². The van der Waals surface area contributed by atoms with Crippen LogP contribution in [0, 0.1) is 0 Å². The maximum Gasteiger partial charge on any atom is 0.196 e. The highest BCUT2D eigenvalue weighted by Crippen LogP contribution is 2.36. The van der Waals surface area contributed by atoms with Crippen LogP contribution >= 0.6 is 0 Å². The summed E-state index contributed by atoms with van der Waals surface area (Å²) < 4.78 is 0. The van der Waals surface area contributed by atoms with Gasteiger partial charge in [-0.2, -0.15) is 0 Å². The lowest BCUT2D eigenvalue weighted by Crippen LogP contribution is -2.13. The van der Waals surface area contributed by atoms with Crippen LogP contribution < -0.4 is 32.6 Å². The average Bonchev–Trinajstić information content (AvgIpc) is 3.76. The molecule has 0 saturated heterocycles. The van der Waals surface area contributed by atoms with Crippen LogP contribution in [0.2, 0.25) is 0 Å². The van der Waals surface area contributed by atoms with E-state index >= 15 is 0 Å². The Morgan fingerprint density at radius 3 is 0.774 bits per heavy atom. The Morgan fingerprint density at radius 2 is 0.491 bits per heavy atom.